The number of nitrogens with zero attached hydrogens (tertiary/aromatic N) is 1. The van der Waals surface area contributed by atoms with E-state index in [0.29, 0.717) is 12.5 Å². The van der Waals surface area contributed by atoms with Crippen LogP contribution in [-0.4, -0.2) is 57.0 Å². The molecular weight excluding hydrogens is 270 g/mol. The zero-order valence-corrected chi connectivity index (χ0v) is 13.5. The topological polar surface area (TPSA) is 70.6 Å². The molecule has 0 saturated heterocycles. The van der Waals surface area contributed by atoms with Gasteiger partial charge in [-0.15, -0.1) is 0 Å². The van der Waals surface area contributed by atoms with E-state index in [2.05, 4.69) is 35.7 Å². The maximum absolute atomic E-state index is 11.3. The Morgan fingerprint density at radius 1 is 1.33 bits per heavy atom. The molecule has 0 aromatic heterocycles. The Labute approximate surface area is 115 Å². The van der Waals surface area contributed by atoms with Crippen LogP contribution in [0.25, 0.3) is 0 Å². The van der Waals surface area contributed by atoms with Crippen molar-refractivity contribution in [2.24, 2.45) is 4.99 Å². The first-order valence-corrected chi connectivity index (χ1v) is 9.01. The minimum atomic E-state index is -2.92. The Hall–Kier alpha value is -0.430. The average molecular weight is 295 g/mol. The van der Waals surface area contributed by atoms with Gasteiger partial charge < -0.3 is 10.6 Å². The third kappa shape index (κ3) is 7.81. The number of hydrogen-bond acceptors (Lipinski definition) is 4. The normalized spacial score (nSPS) is 13.5. The zero-order valence-electron chi connectivity index (χ0n) is 11.9. The summed E-state index contributed by atoms with van der Waals surface area (Å²) in [6.07, 6.45) is 2.06. The molecule has 7 heteroatoms. The Kier molecular flexibility index (Phi) is 7.70. The predicted octanol–water partition coefficient (Wildman–Crippen LogP) is 0.728. The summed E-state index contributed by atoms with van der Waals surface area (Å²) in [5, 5.41) is 6.20. The Morgan fingerprint density at radius 3 is 2.39 bits per heavy atom. The van der Waals surface area contributed by atoms with Gasteiger partial charge in [0.25, 0.3) is 0 Å². The molecule has 0 amide bonds. The molecule has 2 N–H and O–H groups in total. The van der Waals surface area contributed by atoms with E-state index in [9.17, 15) is 8.42 Å². The molecule has 0 unspecified atom stereocenters. The zero-order chi connectivity index (χ0) is 14.2. The summed E-state index contributed by atoms with van der Waals surface area (Å²) in [4.78, 5) is 4.06. The molecule has 0 aromatic carbocycles. The maximum Gasteiger partial charge on any atom is 0.191 e. The molecule has 0 aromatic rings. The Balaban J connectivity index is 4.08. The third-order valence-electron chi connectivity index (χ3n) is 2.60. The van der Waals surface area contributed by atoms with Crippen LogP contribution in [0.1, 0.15) is 20.8 Å². The molecular formula is C11H25N3O2S2. The molecule has 0 bridgehead atoms. The van der Waals surface area contributed by atoms with Gasteiger partial charge in [0, 0.05) is 30.6 Å². The van der Waals surface area contributed by atoms with E-state index in [1.54, 1.807) is 25.7 Å². The highest BCUT2D eigenvalue weighted by molar-refractivity contribution is 7.99. The van der Waals surface area contributed by atoms with Crippen molar-refractivity contribution in [3.8, 4) is 0 Å². The van der Waals surface area contributed by atoms with Crippen LogP contribution in [0.4, 0.5) is 0 Å². The van der Waals surface area contributed by atoms with E-state index in [4.69, 9.17) is 0 Å². The molecule has 0 saturated carbocycles. The first kappa shape index (κ1) is 17.6. The fraction of sp³-hybridized carbons (Fsp3) is 0.909. The number of sulfone groups is 1. The van der Waals surface area contributed by atoms with E-state index in [-0.39, 0.29) is 16.3 Å². The van der Waals surface area contributed by atoms with Crippen molar-refractivity contribution < 1.29 is 8.42 Å². The van der Waals surface area contributed by atoms with E-state index in [0.717, 1.165) is 6.54 Å². The van der Waals surface area contributed by atoms with Gasteiger partial charge in [-0.25, -0.2) is 8.42 Å². The smallest absolute Gasteiger partial charge is 0.191 e. The standard InChI is InChI=1S/C11H25N3O2S2/c1-6-18(15,16)8-7-13-10(12-4)14-9-11(2,3)17-5/h6-9H2,1-5H3,(H2,12,13,14). The first-order valence-electron chi connectivity index (χ1n) is 5.96. The molecule has 18 heavy (non-hydrogen) atoms. The molecule has 108 valence electrons. The lowest BCUT2D eigenvalue weighted by molar-refractivity contribution is 0.595. The molecule has 0 aliphatic heterocycles. The fourth-order valence-corrected chi connectivity index (χ4v) is 1.98. The van der Waals surface area contributed by atoms with Crippen LogP contribution < -0.4 is 10.6 Å². The van der Waals surface area contributed by atoms with E-state index in [1.165, 1.54) is 0 Å². The second-order valence-corrected chi connectivity index (χ2v) is 8.54. The number of hydrogen-bond donors (Lipinski definition) is 2. The highest BCUT2D eigenvalue weighted by Crippen LogP contribution is 2.19. The van der Waals surface area contributed by atoms with Gasteiger partial charge in [0.05, 0.1) is 5.75 Å². The fourth-order valence-electron chi connectivity index (χ4n) is 1.06. The van der Waals surface area contributed by atoms with Crippen molar-refractivity contribution in [2.75, 3.05) is 37.9 Å². The van der Waals surface area contributed by atoms with Crippen molar-refractivity contribution in [3.63, 3.8) is 0 Å². The molecule has 0 fully saturated rings. The van der Waals surface area contributed by atoms with Crippen LogP contribution in [-0.2, 0) is 9.84 Å². The van der Waals surface area contributed by atoms with Crippen molar-refractivity contribution in [1.82, 2.24) is 10.6 Å². The summed E-state index contributed by atoms with van der Waals surface area (Å²) in [5.74, 6) is 0.958. The number of aliphatic imine (C=N–C) groups is 1. The van der Waals surface area contributed by atoms with E-state index >= 15 is 0 Å². The first-order chi connectivity index (χ1) is 8.26. The van der Waals surface area contributed by atoms with E-state index in [1.807, 2.05) is 0 Å². The van der Waals surface area contributed by atoms with Gasteiger partial charge >= 0.3 is 0 Å². The van der Waals surface area contributed by atoms with Crippen LogP contribution >= 0.6 is 11.8 Å². The van der Waals surface area contributed by atoms with Crippen LogP contribution in [0.5, 0.6) is 0 Å². The van der Waals surface area contributed by atoms with Crippen molar-refractivity contribution >= 4 is 27.6 Å². The second kappa shape index (κ2) is 7.89. The third-order valence-corrected chi connectivity index (χ3v) is 5.56. The largest absolute Gasteiger partial charge is 0.355 e. The van der Waals surface area contributed by atoms with Crippen LogP contribution in [0.3, 0.4) is 0 Å². The molecule has 0 spiro atoms. The van der Waals surface area contributed by atoms with Gasteiger partial charge in [-0.3, -0.25) is 4.99 Å². The summed E-state index contributed by atoms with van der Waals surface area (Å²) in [5.41, 5.74) is 0. The van der Waals surface area contributed by atoms with Crippen LogP contribution in [0, 0.1) is 0 Å². The van der Waals surface area contributed by atoms with E-state index < -0.39 is 9.84 Å². The molecule has 0 aliphatic carbocycles. The molecule has 0 rings (SSSR count). The predicted molar refractivity (Wildman–Crippen MR) is 81.3 cm³/mol. The number of guanidine groups is 1. The molecule has 0 atom stereocenters. The Morgan fingerprint density at radius 2 is 1.94 bits per heavy atom. The summed E-state index contributed by atoms with van der Waals surface area (Å²) < 4.78 is 22.8. The molecule has 0 heterocycles. The number of nitrogens with one attached hydrogen (secondary N) is 2. The summed E-state index contributed by atoms with van der Waals surface area (Å²) in [6.45, 7) is 7.09. The van der Waals surface area contributed by atoms with Gasteiger partial charge in [-0.2, -0.15) is 11.8 Å². The van der Waals surface area contributed by atoms with Gasteiger partial charge in [0.2, 0.25) is 0 Å². The lowest BCUT2D eigenvalue weighted by Gasteiger charge is -2.23. The average Bonchev–Trinajstić information content (AvgIpc) is 2.33. The maximum atomic E-state index is 11.3. The minimum absolute atomic E-state index is 0.118. The lowest BCUT2D eigenvalue weighted by Crippen LogP contribution is -2.44. The lowest BCUT2D eigenvalue weighted by atomic mass is 10.2. The monoisotopic (exact) mass is 295 g/mol. The summed E-state index contributed by atoms with van der Waals surface area (Å²) in [6, 6.07) is 0. The molecule has 0 aliphatic rings. The molecule has 0 radical (unpaired) electrons. The minimum Gasteiger partial charge on any atom is -0.355 e. The SMILES string of the molecule is CCS(=O)(=O)CCNC(=NC)NCC(C)(C)SC. The van der Waals surface area contributed by atoms with Crippen LogP contribution in [0.15, 0.2) is 4.99 Å². The van der Waals surface area contributed by atoms with Crippen molar-refractivity contribution in [1.29, 1.82) is 0 Å². The summed E-state index contributed by atoms with van der Waals surface area (Å²) in [7, 11) is -1.24. The van der Waals surface area contributed by atoms with Crippen molar-refractivity contribution in [3.05, 3.63) is 0 Å². The number of thioether (sulfide) groups is 1. The van der Waals surface area contributed by atoms with Gasteiger partial charge in [0.15, 0.2) is 15.8 Å². The molecule has 5 nitrogen and oxygen atoms in total. The highest BCUT2D eigenvalue weighted by Gasteiger charge is 2.16. The van der Waals surface area contributed by atoms with Crippen molar-refractivity contribution in [2.45, 2.75) is 25.5 Å². The summed E-state index contributed by atoms with van der Waals surface area (Å²) >= 11 is 1.77. The Bertz CT molecular complexity index is 364. The highest BCUT2D eigenvalue weighted by atomic mass is 32.2. The van der Waals surface area contributed by atoms with Gasteiger partial charge in [0.1, 0.15) is 0 Å². The quantitative estimate of drug-likeness (QED) is 0.535. The number of rotatable bonds is 7. The van der Waals surface area contributed by atoms with Gasteiger partial charge in [-0.05, 0) is 20.1 Å². The van der Waals surface area contributed by atoms with Gasteiger partial charge in [-0.1, -0.05) is 6.92 Å². The van der Waals surface area contributed by atoms with Crippen LogP contribution in [0.2, 0.25) is 0 Å². The second-order valence-electron chi connectivity index (χ2n) is 4.55.